The summed E-state index contributed by atoms with van der Waals surface area (Å²) in [6.07, 6.45) is 1.10. The highest BCUT2D eigenvalue weighted by molar-refractivity contribution is 9.10. The Morgan fingerprint density at radius 2 is 1.71 bits per heavy atom. The van der Waals surface area contributed by atoms with Crippen LogP contribution < -0.4 is 10.1 Å². The Kier molecular flexibility index (Phi) is 6.05. The van der Waals surface area contributed by atoms with Gasteiger partial charge in [-0.3, -0.25) is 4.79 Å². The standard InChI is InChI=1S/C20H24BrNO2/c1-5-14(2)15-6-10-17(11-7-15)22-19(23)20(3,4)24-18-12-8-16(21)9-13-18/h6-14H,5H2,1-4H3,(H,22,23)/t14-/m0/s1. The second-order valence-corrected chi connectivity index (χ2v) is 7.37. The molecule has 0 aliphatic rings. The fraction of sp³-hybridized carbons (Fsp3) is 0.350. The van der Waals surface area contributed by atoms with Crippen molar-refractivity contribution in [2.24, 2.45) is 0 Å². The maximum absolute atomic E-state index is 12.5. The zero-order chi connectivity index (χ0) is 17.7. The number of rotatable bonds is 6. The summed E-state index contributed by atoms with van der Waals surface area (Å²) in [6.45, 7) is 7.89. The first-order valence-electron chi connectivity index (χ1n) is 8.18. The molecule has 0 saturated heterocycles. The molecule has 4 heteroatoms. The first-order chi connectivity index (χ1) is 11.3. The van der Waals surface area contributed by atoms with Crippen molar-refractivity contribution in [2.75, 3.05) is 5.32 Å². The Morgan fingerprint density at radius 3 is 2.25 bits per heavy atom. The minimum atomic E-state index is -0.969. The molecule has 0 saturated carbocycles. The van der Waals surface area contributed by atoms with Crippen LogP contribution in [0.15, 0.2) is 53.0 Å². The maximum atomic E-state index is 12.5. The van der Waals surface area contributed by atoms with Gasteiger partial charge in [-0.05, 0) is 68.1 Å². The van der Waals surface area contributed by atoms with Crippen LogP contribution in [0.4, 0.5) is 5.69 Å². The quantitative estimate of drug-likeness (QED) is 0.681. The predicted octanol–water partition coefficient (Wildman–Crippen LogP) is 5.76. The summed E-state index contributed by atoms with van der Waals surface area (Å²) in [5.41, 5.74) is 1.09. The van der Waals surface area contributed by atoms with Crippen molar-refractivity contribution in [3.05, 3.63) is 58.6 Å². The van der Waals surface area contributed by atoms with Crippen molar-refractivity contribution in [1.82, 2.24) is 0 Å². The number of carbonyl (C=O) groups excluding carboxylic acids is 1. The molecule has 0 radical (unpaired) electrons. The van der Waals surface area contributed by atoms with Gasteiger partial charge in [0.2, 0.25) is 0 Å². The number of anilines is 1. The van der Waals surface area contributed by atoms with Gasteiger partial charge in [-0.25, -0.2) is 0 Å². The number of carbonyl (C=O) groups is 1. The van der Waals surface area contributed by atoms with E-state index in [0.29, 0.717) is 11.7 Å². The highest BCUT2D eigenvalue weighted by Crippen LogP contribution is 2.24. The molecule has 1 atom stereocenters. The fourth-order valence-electron chi connectivity index (χ4n) is 2.26. The molecule has 1 N–H and O–H groups in total. The first-order valence-corrected chi connectivity index (χ1v) is 8.97. The SMILES string of the molecule is CC[C@H](C)c1ccc(NC(=O)C(C)(C)Oc2ccc(Br)cc2)cc1. The summed E-state index contributed by atoms with van der Waals surface area (Å²) in [7, 11) is 0. The molecule has 2 aromatic rings. The zero-order valence-electron chi connectivity index (χ0n) is 14.6. The molecule has 2 aromatic carbocycles. The summed E-state index contributed by atoms with van der Waals surface area (Å²) in [5.74, 6) is 0.999. The molecular formula is C20H24BrNO2. The Morgan fingerprint density at radius 1 is 1.12 bits per heavy atom. The lowest BCUT2D eigenvalue weighted by Crippen LogP contribution is -2.42. The van der Waals surface area contributed by atoms with Crippen LogP contribution in [0.2, 0.25) is 0 Å². The monoisotopic (exact) mass is 389 g/mol. The number of benzene rings is 2. The largest absolute Gasteiger partial charge is 0.478 e. The lowest BCUT2D eigenvalue weighted by atomic mass is 9.98. The summed E-state index contributed by atoms with van der Waals surface area (Å²) in [6, 6.07) is 15.4. The third-order valence-electron chi connectivity index (χ3n) is 4.08. The molecule has 1 amide bonds. The van der Waals surface area contributed by atoms with Gasteiger partial charge >= 0.3 is 0 Å². The Balaban J connectivity index is 2.03. The van der Waals surface area contributed by atoms with Gasteiger partial charge in [0.15, 0.2) is 5.60 Å². The molecule has 2 rings (SSSR count). The number of halogens is 1. The molecular weight excluding hydrogens is 366 g/mol. The van der Waals surface area contributed by atoms with Crippen molar-refractivity contribution < 1.29 is 9.53 Å². The van der Waals surface area contributed by atoms with Gasteiger partial charge in [-0.15, -0.1) is 0 Å². The normalized spacial score (nSPS) is 12.5. The van der Waals surface area contributed by atoms with E-state index in [-0.39, 0.29) is 5.91 Å². The summed E-state index contributed by atoms with van der Waals surface area (Å²) in [5, 5.41) is 2.92. The second kappa shape index (κ2) is 7.84. The summed E-state index contributed by atoms with van der Waals surface area (Å²) in [4.78, 5) is 12.5. The molecule has 0 aromatic heterocycles. The molecule has 128 valence electrons. The van der Waals surface area contributed by atoms with Gasteiger partial charge in [0.1, 0.15) is 5.75 Å². The fourth-order valence-corrected chi connectivity index (χ4v) is 2.52. The van der Waals surface area contributed by atoms with E-state index in [2.05, 4.69) is 47.2 Å². The second-order valence-electron chi connectivity index (χ2n) is 6.45. The van der Waals surface area contributed by atoms with Gasteiger partial charge < -0.3 is 10.1 Å². The molecule has 0 aliphatic heterocycles. The molecule has 0 heterocycles. The van der Waals surface area contributed by atoms with Crippen molar-refractivity contribution in [2.45, 2.75) is 45.6 Å². The van der Waals surface area contributed by atoms with E-state index in [1.807, 2.05) is 36.4 Å². The van der Waals surface area contributed by atoms with Crippen LogP contribution >= 0.6 is 15.9 Å². The molecule has 0 aliphatic carbocycles. The Hall–Kier alpha value is -1.81. The third-order valence-corrected chi connectivity index (χ3v) is 4.61. The number of nitrogens with one attached hydrogen (secondary N) is 1. The van der Waals surface area contributed by atoms with Crippen molar-refractivity contribution in [3.8, 4) is 5.75 Å². The number of ether oxygens (including phenoxy) is 1. The van der Waals surface area contributed by atoms with E-state index in [1.165, 1.54) is 5.56 Å². The molecule has 24 heavy (non-hydrogen) atoms. The van der Waals surface area contributed by atoms with Crippen LogP contribution in [0, 0.1) is 0 Å². The molecule has 0 spiro atoms. The van der Waals surface area contributed by atoms with Crippen LogP contribution in [0.3, 0.4) is 0 Å². The van der Waals surface area contributed by atoms with Gasteiger partial charge in [0.25, 0.3) is 5.91 Å². The van der Waals surface area contributed by atoms with E-state index in [4.69, 9.17) is 4.74 Å². The highest BCUT2D eigenvalue weighted by atomic mass is 79.9. The van der Waals surface area contributed by atoms with E-state index < -0.39 is 5.60 Å². The molecule has 3 nitrogen and oxygen atoms in total. The third kappa shape index (κ3) is 4.84. The average Bonchev–Trinajstić information content (AvgIpc) is 2.56. The van der Waals surface area contributed by atoms with Gasteiger partial charge in [-0.2, -0.15) is 0 Å². The molecule has 0 unspecified atom stereocenters. The minimum Gasteiger partial charge on any atom is -0.478 e. The number of amides is 1. The Bertz CT molecular complexity index is 678. The maximum Gasteiger partial charge on any atom is 0.267 e. The minimum absolute atomic E-state index is 0.179. The first kappa shape index (κ1) is 18.5. The van der Waals surface area contributed by atoms with Crippen LogP contribution in [-0.4, -0.2) is 11.5 Å². The van der Waals surface area contributed by atoms with Gasteiger partial charge in [0, 0.05) is 10.2 Å². The van der Waals surface area contributed by atoms with Crippen LogP contribution in [-0.2, 0) is 4.79 Å². The predicted molar refractivity (Wildman–Crippen MR) is 103 cm³/mol. The lowest BCUT2D eigenvalue weighted by molar-refractivity contribution is -0.128. The van der Waals surface area contributed by atoms with Gasteiger partial charge in [0.05, 0.1) is 0 Å². The van der Waals surface area contributed by atoms with Crippen LogP contribution in [0.25, 0.3) is 0 Å². The van der Waals surface area contributed by atoms with Crippen LogP contribution in [0.1, 0.15) is 45.6 Å². The van der Waals surface area contributed by atoms with Crippen LogP contribution in [0.5, 0.6) is 5.75 Å². The van der Waals surface area contributed by atoms with Crippen molar-refractivity contribution >= 4 is 27.5 Å². The number of hydrogen-bond acceptors (Lipinski definition) is 2. The highest BCUT2D eigenvalue weighted by Gasteiger charge is 2.30. The van der Waals surface area contributed by atoms with Gasteiger partial charge in [-0.1, -0.05) is 41.9 Å². The van der Waals surface area contributed by atoms with E-state index in [0.717, 1.165) is 16.6 Å². The smallest absolute Gasteiger partial charge is 0.267 e. The van der Waals surface area contributed by atoms with Crippen molar-refractivity contribution in [3.63, 3.8) is 0 Å². The van der Waals surface area contributed by atoms with E-state index in [1.54, 1.807) is 13.8 Å². The topological polar surface area (TPSA) is 38.3 Å². The summed E-state index contributed by atoms with van der Waals surface area (Å²) >= 11 is 3.38. The Labute approximate surface area is 152 Å². The van der Waals surface area contributed by atoms with Crippen molar-refractivity contribution in [1.29, 1.82) is 0 Å². The molecule has 0 fully saturated rings. The van der Waals surface area contributed by atoms with E-state index in [9.17, 15) is 4.79 Å². The molecule has 0 bridgehead atoms. The van der Waals surface area contributed by atoms with E-state index >= 15 is 0 Å². The summed E-state index contributed by atoms with van der Waals surface area (Å²) < 4.78 is 6.81. The average molecular weight is 390 g/mol. The lowest BCUT2D eigenvalue weighted by Gasteiger charge is -2.25. The number of hydrogen-bond donors (Lipinski definition) is 1. The zero-order valence-corrected chi connectivity index (χ0v) is 16.2.